The summed E-state index contributed by atoms with van der Waals surface area (Å²) in [6, 6.07) is 27.5. The van der Waals surface area contributed by atoms with Gasteiger partial charge in [0, 0.05) is 0 Å². The first-order valence-corrected chi connectivity index (χ1v) is 13.8. The number of halogens is 3. The van der Waals surface area contributed by atoms with Crippen LogP contribution in [0.2, 0.25) is 0 Å². The predicted octanol–water partition coefficient (Wildman–Crippen LogP) is 6.72. The van der Waals surface area contributed by atoms with Crippen LogP contribution in [-0.2, 0) is 27.2 Å². The van der Waals surface area contributed by atoms with E-state index in [1.807, 2.05) is 24.3 Å². The summed E-state index contributed by atoms with van der Waals surface area (Å²) in [7, 11) is -1.54. The van der Waals surface area contributed by atoms with Gasteiger partial charge in [-0.3, -0.25) is 0 Å². The highest BCUT2D eigenvalue weighted by Crippen LogP contribution is 2.40. The molecule has 0 spiro atoms. The predicted molar refractivity (Wildman–Crippen MR) is 139 cm³/mol. The molecular weight excluding hydrogens is 537 g/mol. The Labute approximate surface area is 223 Å². The molecule has 0 unspecified atom stereocenters. The zero-order valence-electron chi connectivity index (χ0n) is 20.7. The van der Waals surface area contributed by atoms with Gasteiger partial charge in [-0.2, -0.15) is 13.2 Å². The zero-order valence-corrected chi connectivity index (χ0v) is 22.4. The fourth-order valence-electron chi connectivity index (χ4n) is 3.43. The highest BCUT2D eigenvalue weighted by molar-refractivity contribution is 7.97. The minimum atomic E-state index is -4.68. The molecule has 0 amide bonds. The normalized spacial score (nSPS) is 11.5. The molecule has 0 saturated heterocycles. The van der Waals surface area contributed by atoms with Crippen molar-refractivity contribution in [2.45, 2.75) is 32.7 Å². The summed E-state index contributed by atoms with van der Waals surface area (Å²) in [5.74, 6) is 1.79. The van der Waals surface area contributed by atoms with E-state index in [0.29, 0.717) is 24.3 Å². The van der Waals surface area contributed by atoms with E-state index in [1.54, 1.807) is 14.2 Å². The second-order valence-electron chi connectivity index (χ2n) is 7.90. The number of methoxy groups -OCH3 is 2. The fourth-order valence-corrected chi connectivity index (χ4v) is 6.19. The molecule has 0 aliphatic rings. The first-order chi connectivity index (χ1) is 18.0. The Balaban J connectivity index is 0.000000244. The Morgan fingerprint density at radius 3 is 1.55 bits per heavy atom. The van der Waals surface area contributed by atoms with Gasteiger partial charge in [-0.1, -0.05) is 42.0 Å². The van der Waals surface area contributed by atoms with E-state index in [2.05, 4.69) is 55.5 Å². The maximum atomic E-state index is 12.0. The van der Waals surface area contributed by atoms with Gasteiger partial charge in [-0.05, 0) is 67.6 Å². The summed E-state index contributed by atoms with van der Waals surface area (Å²) >= 11 is 0. The average molecular weight is 563 g/mol. The van der Waals surface area contributed by atoms with Crippen LogP contribution in [-0.4, -0.2) is 27.2 Å². The number of hydrogen-bond acceptors (Lipinski definition) is 5. The molecule has 0 fully saturated rings. The van der Waals surface area contributed by atoms with Crippen molar-refractivity contribution >= 4 is 21.0 Å². The lowest BCUT2D eigenvalue weighted by Crippen LogP contribution is -2.08. The van der Waals surface area contributed by atoms with Gasteiger partial charge in [0.05, 0.1) is 24.7 Å². The van der Waals surface area contributed by atoms with Crippen LogP contribution in [0.25, 0.3) is 0 Å². The molecular formula is C28H25F3O5S2. The van der Waals surface area contributed by atoms with Crippen LogP contribution in [0, 0.1) is 6.92 Å². The molecule has 4 rings (SSSR count). The van der Waals surface area contributed by atoms with E-state index in [9.17, 15) is 26.1 Å². The van der Waals surface area contributed by atoms with E-state index in [0.717, 1.165) is 21.3 Å². The molecule has 4 aromatic carbocycles. The number of rotatable bonds is 6. The first-order valence-electron chi connectivity index (χ1n) is 11.2. The summed E-state index contributed by atoms with van der Waals surface area (Å²) in [6.07, 6.45) is -4.54. The number of ether oxygens (including phenoxy) is 2. The monoisotopic (exact) mass is 562 g/mol. The number of aryl methyl sites for hydroxylation is 1. The van der Waals surface area contributed by atoms with Gasteiger partial charge in [0.15, 0.2) is 16.4 Å². The van der Waals surface area contributed by atoms with E-state index >= 15 is 0 Å². The van der Waals surface area contributed by atoms with Crippen LogP contribution in [0.4, 0.5) is 13.2 Å². The van der Waals surface area contributed by atoms with Crippen molar-refractivity contribution in [1.29, 1.82) is 0 Å². The van der Waals surface area contributed by atoms with E-state index < -0.39 is 26.8 Å². The van der Waals surface area contributed by atoms with Crippen molar-refractivity contribution in [2.75, 3.05) is 14.2 Å². The van der Waals surface area contributed by atoms with Crippen molar-refractivity contribution in [3.05, 3.63) is 108 Å². The fraction of sp³-hybridized carbons (Fsp3) is 0.143. The van der Waals surface area contributed by atoms with Crippen molar-refractivity contribution in [3.63, 3.8) is 0 Å². The molecule has 38 heavy (non-hydrogen) atoms. The molecule has 5 nitrogen and oxygen atoms in total. The standard InChI is InChI=1S/C21H21O2S.C7H5F3O3S/c1-16-12-14-17(15-13-16)24(20-10-6-4-8-18(20)22-2)21-11-7-5-9-19(21)23-3;8-7(9,10)5-1-3-6(4-2-5)14(11,12)13/h4-15H,1-3H3;1-4H,(H,11,12,13)/q+1;/p-1. The lowest BCUT2D eigenvalue weighted by molar-refractivity contribution is -0.137. The largest absolute Gasteiger partial charge is 0.744 e. The van der Waals surface area contributed by atoms with Crippen LogP contribution in [0.15, 0.2) is 117 Å². The van der Waals surface area contributed by atoms with Crippen LogP contribution in [0.1, 0.15) is 11.1 Å². The summed E-state index contributed by atoms with van der Waals surface area (Å²) in [5, 5.41) is 0. The molecule has 0 heterocycles. The van der Waals surface area contributed by atoms with Crippen LogP contribution >= 0.6 is 0 Å². The molecule has 0 aliphatic carbocycles. The quantitative estimate of drug-likeness (QED) is 0.193. The molecule has 10 heteroatoms. The molecule has 0 radical (unpaired) electrons. The van der Waals surface area contributed by atoms with Crippen molar-refractivity contribution < 1.29 is 35.6 Å². The van der Waals surface area contributed by atoms with Crippen molar-refractivity contribution in [1.82, 2.24) is 0 Å². The summed E-state index contributed by atoms with van der Waals surface area (Å²) in [5.41, 5.74) is 0.257. The number of hydrogen-bond donors (Lipinski definition) is 0. The molecule has 0 aliphatic heterocycles. The highest BCUT2D eigenvalue weighted by Gasteiger charge is 2.34. The van der Waals surface area contributed by atoms with Crippen molar-refractivity contribution in [3.8, 4) is 11.5 Å². The van der Waals surface area contributed by atoms with Crippen molar-refractivity contribution in [2.24, 2.45) is 0 Å². The lowest BCUT2D eigenvalue weighted by Gasteiger charge is -2.13. The van der Waals surface area contributed by atoms with Gasteiger partial charge in [0.2, 0.25) is 9.79 Å². The zero-order chi connectivity index (χ0) is 27.9. The third kappa shape index (κ3) is 7.31. The number of para-hydroxylation sites is 2. The molecule has 200 valence electrons. The third-order valence-electron chi connectivity index (χ3n) is 5.30. The molecule has 0 aromatic heterocycles. The minimum absolute atomic E-state index is 0.296. The van der Waals surface area contributed by atoms with E-state index in [4.69, 9.17) is 9.47 Å². The summed E-state index contributed by atoms with van der Waals surface area (Å²) in [6.45, 7) is 2.11. The Kier molecular flexibility index (Phi) is 9.48. The molecule has 4 aromatic rings. The van der Waals surface area contributed by atoms with Gasteiger partial charge in [0.25, 0.3) is 0 Å². The van der Waals surface area contributed by atoms with E-state index in [-0.39, 0.29) is 10.9 Å². The molecule has 0 atom stereocenters. The van der Waals surface area contributed by atoms with Crippen LogP contribution in [0.5, 0.6) is 11.5 Å². The maximum absolute atomic E-state index is 12.0. The Bertz CT molecular complexity index is 1410. The number of alkyl halides is 3. The Morgan fingerprint density at radius 2 is 1.16 bits per heavy atom. The second-order valence-corrected chi connectivity index (χ2v) is 11.2. The SMILES string of the molecule is COc1ccccc1[S+](c1ccc(C)cc1)c1ccccc1OC.O=S(=O)([O-])c1ccc(C(F)(F)F)cc1. The van der Waals surface area contributed by atoms with Gasteiger partial charge < -0.3 is 14.0 Å². The Morgan fingerprint density at radius 1 is 0.711 bits per heavy atom. The molecule has 0 saturated carbocycles. The Hall–Kier alpha value is -3.47. The highest BCUT2D eigenvalue weighted by atomic mass is 32.2. The average Bonchev–Trinajstić information content (AvgIpc) is 2.90. The van der Waals surface area contributed by atoms with Crippen LogP contribution in [0.3, 0.4) is 0 Å². The molecule has 0 bridgehead atoms. The minimum Gasteiger partial charge on any atom is -0.744 e. The van der Waals surface area contributed by atoms with Gasteiger partial charge in [-0.15, -0.1) is 0 Å². The maximum Gasteiger partial charge on any atom is 0.416 e. The van der Waals surface area contributed by atoms with Gasteiger partial charge in [-0.25, -0.2) is 8.42 Å². The third-order valence-corrected chi connectivity index (χ3v) is 8.45. The lowest BCUT2D eigenvalue weighted by atomic mass is 10.2. The number of benzene rings is 4. The van der Waals surface area contributed by atoms with Gasteiger partial charge >= 0.3 is 6.18 Å². The first kappa shape index (κ1) is 29.1. The summed E-state index contributed by atoms with van der Waals surface area (Å²) < 4.78 is 78.3. The van der Waals surface area contributed by atoms with Gasteiger partial charge in [0.1, 0.15) is 21.0 Å². The second kappa shape index (κ2) is 12.4. The summed E-state index contributed by atoms with van der Waals surface area (Å²) in [4.78, 5) is 2.89. The smallest absolute Gasteiger partial charge is 0.416 e. The topological polar surface area (TPSA) is 75.7 Å². The van der Waals surface area contributed by atoms with Crippen LogP contribution < -0.4 is 9.47 Å². The van der Waals surface area contributed by atoms with E-state index in [1.165, 1.54) is 10.5 Å². The molecule has 0 N–H and O–H groups in total.